The topological polar surface area (TPSA) is 18.5 Å². The summed E-state index contributed by atoms with van der Waals surface area (Å²) in [5, 5.41) is 1.21. The summed E-state index contributed by atoms with van der Waals surface area (Å²) in [6.07, 6.45) is 0. The summed E-state index contributed by atoms with van der Waals surface area (Å²) < 4.78 is 10.3. The molecule has 0 bridgehead atoms. The molecule has 0 amide bonds. The van der Waals surface area contributed by atoms with E-state index in [0.29, 0.717) is 22.4 Å². The first-order valence-corrected chi connectivity index (χ1v) is 4.22. The predicted molar refractivity (Wildman–Crippen MR) is 46.7 cm³/mol. The van der Waals surface area contributed by atoms with Crippen molar-refractivity contribution in [2.45, 2.75) is 6.61 Å². The van der Waals surface area contributed by atoms with Gasteiger partial charge in [0.1, 0.15) is 5.75 Å². The summed E-state index contributed by atoms with van der Waals surface area (Å²) >= 11 is 11.8. The van der Waals surface area contributed by atoms with Crippen molar-refractivity contribution in [3.05, 3.63) is 27.7 Å². The first kappa shape index (κ1) is 8.17. The smallest absolute Gasteiger partial charge is 0.189 e. The van der Waals surface area contributed by atoms with Gasteiger partial charge in [0.25, 0.3) is 0 Å². The van der Waals surface area contributed by atoms with Crippen LogP contribution in [-0.4, -0.2) is 6.79 Å². The second-order valence-corrected chi connectivity index (χ2v) is 3.26. The summed E-state index contributed by atoms with van der Waals surface area (Å²) in [6.45, 7) is 0.710. The van der Waals surface area contributed by atoms with Gasteiger partial charge in [-0.1, -0.05) is 23.2 Å². The van der Waals surface area contributed by atoms with Gasteiger partial charge in [-0.3, -0.25) is 0 Å². The summed E-state index contributed by atoms with van der Waals surface area (Å²) in [7, 11) is 0. The summed E-state index contributed by atoms with van der Waals surface area (Å²) in [5.74, 6) is 0.649. The lowest BCUT2D eigenvalue weighted by molar-refractivity contribution is -0.0162. The molecule has 1 aliphatic rings. The fourth-order valence-electron chi connectivity index (χ4n) is 1.11. The van der Waals surface area contributed by atoms with Crippen LogP contribution >= 0.6 is 23.2 Å². The first-order valence-electron chi connectivity index (χ1n) is 3.46. The molecule has 64 valence electrons. The van der Waals surface area contributed by atoms with Crippen molar-refractivity contribution in [3.8, 4) is 5.75 Å². The first-order chi connectivity index (χ1) is 5.79. The van der Waals surface area contributed by atoms with E-state index in [-0.39, 0.29) is 6.79 Å². The molecule has 0 radical (unpaired) electrons. The lowest BCUT2D eigenvalue weighted by Crippen LogP contribution is -2.11. The molecule has 1 aromatic carbocycles. The Labute approximate surface area is 80.0 Å². The third kappa shape index (κ3) is 1.26. The number of hydrogen-bond acceptors (Lipinski definition) is 2. The van der Waals surface area contributed by atoms with Gasteiger partial charge in [0.2, 0.25) is 0 Å². The Kier molecular flexibility index (Phi) is 2.13. The quantitative estimate of drug-likeness (QED) is 0.648. The van der Waals surface area contributed by atoms with Crippen molar-refractivity contribution in [2.75, 3.05) is 6.79 Å². The molecule has 0 spiro atoms. The second-order valence-electron chi connectivity index (χ2n) is 2.45. The molecule has 0 saturated carbocycles. The molecule has 1 aliphatic heterocycles. The maximum Gasteiger partial charge on any atom is 0.189 e. The van der Waals surface area contributed by atoms with E-state index < -0.39 is 0 Å². The van der Waals surface area contributed by atoms with Crippen LogP contribution in [0.15, 0.2) is 12.1 Å². The predicted octanol–water partition coefficient (Wildman–Crippen LogP) is 2.86. The Morgan fingerprint density at radius 1 is 1.17 bits per heavy atom. The zero-order chi connectivity index (χ0) is 8.55. The molecular formula is C8H6Cl2O2. The molecule has 0 unspecified atom stereocenters. The Morgan fingerprint density at radius 3 is 2.67 bits per heavy atom. The minimum Gasteiger partial charge on any atom is -0.466 e. The van der Waals surface area contributed by atoms with E-state index in [4.69, 9.17) is 32.7 Å². The molecule has 2 nitrogen and oxygen atoms in total. The maximum absolute atomic E-state index is 5.90. The van der Waals surface area contributed by atoms with Gasteiger partial charge < -0.3 is 9.47 Å². The van der Waals surface area contributed by atoms with Crippen molar-refractivity contribution < 1.29 is 9.47 Å². The van der Waals surface area contributed by atoms with Gasteiger partial charge in [-0.2, -0.15) is 0 Å². The van der Waals surface area contributed by atoms with E-state index in [1.807, 2.05) is 0 Å². The maximum atomic E-state index is 5.90. The number of hydrogen-bond donors (Lipinski definition) is 0. The molecule has 4 heteroatoms. The van der Waals surface area contributed by atoms with Crippen LogP contribution in [0.5, 0.6) is 5.75 Å². The van der Waals surface area contributed by atoms with Crippen LogP contribution in [0, 0.1) is 0 Å². The molecular weight excluding hydrogens is 199 g/mol. The van der Waals surface area contributed by atoms with E-state index in [1.54, 1.807) is 12.1 Å². The van der Waals surface area contributed by atoms with Gasteiger partial charge in [-0.15, -0.1) is 0 Å². The third-order valence-electron chi connectivity index (χ3n) is 1.69. The van der Waals surface area contributed by atoms with Crippen LogP contribution < -0.4 is 4.74 Å². The summed E-state index contributed by atoms with van der Waals surface area (Å²) in [4.78, 5) is 0. The van der Waals surface area contributed by atoms with Gasteiger partial charge in [-0.05, 0) is 12.1 Å². The zero-order valence-corrected chi connectivity index (χ0v) is 7.65. The van der Waals surface area contributed by atoms with Crippen molar-refractivity contribution in [3.63, 3.8) is 0 Å². The highest BCUT2D eigenvalue weighted by molar-refractivity contribution is 6.34. The monoisotopic (exact) mass is 204 g/mol. The zero-order valence-electron chi connectivity index (χ0n) is 6.14. The lowest BCUT2D eigenvalue weighted by atomic mass is 10.2. The number of ether oxygens (including phenoxy) is 2. The molecule has 1 aromatic rings. The van der Waals surface area contributed by atoms with Crippen LogP contribution in [0.3, 0.4) is 0 Å². The van der Waals surface area contributed by atoms with E-state index in [0.717, 1.165) is 5.56 Å². The fraction of sp³-hybridized carbons (Fsp3) is 0.250. The van der Waals surface area contributed by atoms with Crippen molar-refractivity contribution in [2.24, 2.45) is 0 Å². The normalized spacial score (nSPS) is 15.2. The number of fused-ring (bicyclic) bond motifs is 1. The van der Waals surface area contributed by atoms with E-state index in [1.165, 1.54) is 0 Å². The van der Waals surface area contributed by atoms with Gasteiger partial charge in [0, 0.05) is 10.6 Å². The van der Waals surface area contributed by atoms with Crippen LogP contribution in [-0.2, 0) is 11.3 Å². The molecule has 0 N–H and O–H groups in total. The molecule has 2 rings (SSSR count). The van der Waals surface area contributed by atoms with Gasteiger partial charge in [0.05, 0.1) is 11.6 Å². The average molecular weight is 205 g/mol. The average Bonchev–Trinajstić information content (AvgIpc) is 2.12. The van der Waals surface area contributed by atoms with E-state index >= 15 is 0 Å². The number of rotatable bonds is 0. The molecule has 0 fully saturated rings. The van der Waals surface area contributed by atoms with Crippen LogP contribution in [0.1, 0.15) is 5.56 Å². The second kappa shape index (κ2) is 3.13. The molecule has 0 saturated heterocycles. The minimum atomic E-state index is 0.243. The Balaban J connectivity index is 2.57. The minimum absolute atomic E-state index is 0.243. The Morgan fingerprint density at radius 2 is 1.92 bits per heavy atom. The third-order valence-corrected chi connectivity index (χ3v) is 2.34. The lowest BCUT2D eigenvalue weighted by Gasteiger charge is -2.19. The summed E-state index contributed by atoms with van der Waals surface area (Å²) in [6, 6.07) is 3.45. The van der Waals surface area contributed by atoms with E-state index in [9.17, 15) is 0 Å². The van der Waals surface area contributed by atoms with Crippen molar-refractivity contribution >= 4 is 23.2 Å². The molecule has 12 heavy (non-hydrogen) atoms. The van der Waals surface area contributed by atoms with Gasteiger partial charge >= 0.3 is 0 Å². The van der Waals surface area contributed by atoms with Gasteiger partial charge in [-0.25, -0.2) is 0 Å². The van der Waals surface area contributed by atoms with Crippen LogP contribution in [0.2, 0.25) is 10.0 Å². The number of benzene rings is 1. The van der Waals surface area contributed by atoms with Crippen LogP contribution in [0.4, 0.5) is 0 Å². The molecule has 0 atom stereocenters. The molecule has 1 heterocycles. The fourth-order valence-corrected chi connectivity index (χ4v) is 1.55. The highest BCUT2D eigenvalue weighted by atomic mass is 35.5. The molecule has 0 aliphatic carbocycles. The standard InChI is InChI=1S/C8H6Cl2O2/c9-6-1-2-7(10)8-5(6)3-11-4-12-8/h1-2H,3-4H2. The van der Waals surface area contributed by atoms with Crippen molar-refractivity contribution in [1.29, 1.82) is 0 Å². The Bertz CT molecular complexity index is 281. The molecule has 0 aromatic heterocycles. The summed E-state index contributed by atoms with van der Waals surface area (Å²) in [5.41, 5.74) is 0.829. The van der Waals surface area contributed by atoms with E-state index in [2.05, 4.69) is 0 Å². The van der Waals surface area contributed by atoms with Gasteiger partial charge in [0.15, 0.2) is 6.79 Å². The highest BCUT2D eigenvalue weighted by Gasteiger charge is 2.16. The largest absolute Gasteiger partial charge is 0.466 e. The highest BCUT2D eigenvalue weighted by Crippen LogP contribution is 2.36. The van der Waals surface area contributed by atoms with Crippen molar-refractivity contribution in [1.82, 2.24) is 0 Å². The van der Waals surface area contributed by atoms with Crippen LogP contribution in [0.25, 0.3) is 0 Å². The Hall–Kier alpha value is -0.440. The SMILES string of the molecule is Clc1ccc(Cl)c2c1COCO2. The number of halogens is 2.